The van der Waals surface area contributed by atoms with Gasteiger partial charge in [-0.05, 0) is 107 Å². The van der Waals surface area contributed by atoms with Crippen LogP contribution >= 0.6 is 0 Å². The smallest absolute Gasteiger partial charge is 0.376 e. The molecule has 0 bridgehead atoms. The first-order valence-corrected chi connectivity index (χ1v) is 16.3. The average Bonchev–Trinajstić information content (AvgIpc) is 3.09. The summed E-state index contributed by atoms with van der Waals surface area (Å²) in [5.41, 5.74) is 2.30. The van der Waals surface area contributed by atoms with E-state index < -0.39 is 17.9 Å². The van der Waals surface area contributed by atoms with Gasteiger partial charge in [0.15, 0.2) is 19.0 Å². The van der Waals surface area contributed by atoms with Crippen LogP contribution in [0.5, 0.6) is 11.5 Å². The van der Waals surface area contributed by atoms with E-state index in [-0.39, 0.29) is 37.6 Å². The van der Waals surface area contributed by atoms with Crippen LogP contribution in [0.2, 0.25) is 13.6 Å². The minimum Gasteiger partial charge on any atom is -0.482 e. The average molecular weight is 662 g/mol. The summed E-state index contributed by atoms with van der Waals surface area (Å²) in [6, 6.07) is 10.4. The van der Waals surface area contributed by atoms with Crippen molar-refractivity contribution in [3.63, 3.8) is 0 Å². The highest BCUT2D eigenvalue weighted by Crippen LogP contribution is 2.31. The normalized spacial score (nSPS) is 17.6. The largest absolute Gasteiger partial charge is 0.482 e. The number of nitro benzene ring substituents is 1. The summed E-state index contributed by atoms with van der Waals surface area (Å²) in [4.78, 5) is 37.3. The Morgan fingerprint density at radius 2 is 1.52 bits per heavy atom. The van der Waals surface area contributed by atoms with E-state index >= 15 is 0 Å². The molecule has 0 aromatic heterocycles. The van der Waals surface area contributed by atoms with Gasteiger partial charge in [0.2, 0.25) is 0 Å². The minimum atomic E-state index is -0.605. The molecule has 3 aliphatic heterocycles. The van der Waals surface area contributed by atoms with E-state index in [1.54, 1.807) is 12.9 Å². The molecular weight excluding hydrogens is 618 g/mol. The number of piperidine rings is 2. The Morgan fingerprint density at radius 1 is 0.979 bits per heavy atom. The molecule has 0 radical (unpaired) electrons. The molecule has 0 saturated carbocycles. The van der Waals surface area contributed by atoms with Crippen LogP contribution in [0.1, 0.15) is 36.8 Å². The summed E-state index contributed by atoms with van der Waals surface area (Å²) in [7, 11) is 0.439. The zero-order chi connectivity index (χ0) is 34.6. The lowest BCUT2D eigenvalue weighted by Gasteiger charge is -2.31. The van der Waals surface area contributed by atoms with E-state index in [1.807, 2.05) is 42.0 Å². The van der Waals surface area contributed by atoms with Crippen molar-refractivity contribution in [2.24, 2.45) is 11.8 Å². The quantitative estimate of drug-likeness (QED) is 0.147. The molecule has 0 spiro atoms. The van der Waals surface area contributed by atoms with Crippen molar-refractivity contribution >= 4 is 49.5 Å². The van der Waals surface area contributed by atoms with Crippen LogP contribution in [-0.2, 0) is 14.3 Å². The Morgan fingerprint density at radius 3 is 2.04 bits per heavy atom. The second-order valence-electron chi connectivity index (χ2n) is 12.2. The number of amides is 1. The summed E-state index contributed by atoms with van der Waals surface area (Å²) >= 11 is 0. The number of nitro groups is 1. The SMILES string of the molecule is CB(O)N1CCC(C=Cc2ccc3c(c2)NC(=O)CO3)CC1.COC(=O)COc1ccc(C=CC2CCN(B(C)O)CC2)cc1[N+](=O)[O-]. The van der Waals surface area contributed by atoms with Gasteiger partial charge in [-0.15, -0.1) is 0 Å². The molecule has 2 saturated heterocycles. The highest BCUT2D eigenvalue weighted by atomic mass is 16.6. The van der Waals surface area contributed by atoms with Crippen LogP contribution in [0, 0.1) is 22.0 Å². The monoisotopic (exact) mass is 662 g/mol. The number of fused-ring (bicyclic) bond motifs is 1. The minimum absolute atomic E-state index is 0.0304. The van der Waals surface area contributed by atoms with Gasteiger partial charge in [-0.2, -0.15) is 0 Å². The third-order valence-corrected chi connectivity index (χ3v) is 8.72. The number of methoxy groups -OCH3 is 1. The number of carbonyl (C=O) groups is 2. The van der Waals surface area contributed by atoms with Gasteiger partial charge in [-0.25, -0.2) is 4.79 Å². The van der Waals surface area contributed by atoms with Gasteiger partial charge in [-0.3, -0.25) is 14.9 Å². The molecule has 256 valence electrons. The number of anilines is 1. The molecule has 13 nitrogen and oxygen atoms in total. The molecule has 0 atom stereocenters. The summed E-state index contributed by atoms with van der Waals surface area (Å²) in [5, 5.41) is 33.2. The highest BCUT2D eigenvalue weighted by Gasteiger charge is 2.24. The third kappa shape index (κ3) is 10.9. The number of nitrogens with zero attached hydrogens (tertiary/aromatic N) is 3. The van der Waals surface area contributed by atoms with Crippen LogP contribution in [0.15, 0.2) is 48.6 Å². The van der Waals surface area contributed by atoms with Gasteiger partial charge in [0, 0.05) is 6.07 Å². The zero-order valence-corrected chi connectivity index (χ0v) is 27.7. The number of hydrogen-bond donors (Lipinski definition) is 3. The first kappa shape index (κ1) is 36.7. The molecule has 3 aliphatic rings. The number of ether oxygens (including phenoxy) is 3. The van der Waals surface area contributed by atoms with Gasteiger partial charge in [-0.1, -0.05) is 36.4 Å². The molecular formula is C33H44B2N4O9. The van der Waals surface area contributed by atoms with E-state index in [0.29, 0.717) is 17.4 Å². The van der Waals surface area contributed by atoms with Crippen LogP contribution < -0.4 is 14.8 Å². The van der Waals surface area contributed by atoms with Crippen LogP contribution in [0.3, 0.4) is 0 Å². The zero-order valence-electron chi connectivity index (χ0n) is 27.7. The second kappa shape index (κ2) is 17.8. The Kier molecular flexibility index (Phi) is 13.6. The first-order valence-electron chi connectivity index (χ1n) is 16.3. The molecule has 2 aromatic carbocycles. The van der Waals surface area contributed by atoms with E-state index in [4.69, 9.17) is 9.47 Å². The van der Waals surface area contributed by atoms with E-state index in [1.165, 1.54) is 19.2 Å². The molecule has 3 N–H and O–H groups in total. The lowest BCUT2D eigenvalue weighted by molar-refractivity contribution is -0.385. The number of nitrogens with one attached hydrogen (secondary N) is 1. The molecule has 48 heavy (non-hydrogen) atoms. The van der Waals surface area contributed by atoms with E-state index in [9.17, 15) is 29.8 Å². The van der Waals surface area contributed by atoms with E-state index in [2.05, 4.69) is 27.0 Å². The van der Waals surface area contributed by atoms with E-state index in [0.717, 1.165) is 68.9 Å². The molecule has 3 heterocycles. The van der Waals surface area contributed by atoms with Crippen molar-refractivity contribution in [1.29, 1.82) is 0 Å². The second-order valence-corrected chi connectivity index (χ2v) is 12.2. The lowest BCUT2D eigenvalue weighted by atomic mass is 9.81. The van der Waals surface area contributed by atoms with Gasteiger partial charge >= 0.3 is 25.8 Å². The fourth-order valence-corrected chi connectivity index (χ4v) is 5.77. The maximum absolute atomic E-state index is 11.3. The Labute approximate surface area is 281 Å². The number of hydrogen-bond acceptors (Lipinski definition) is 11. The molecule has 2 fully saturated rings. The predicted molar refractivity (Wildman–Crippen MR) is 186 cm³/mol. The van der Waals surface area contributed by atoms with Crippen molar-refractivity contribution in [2.75, 3.05) is 51.8 Å². The number of carbonyl (C=O) groups excluding carboxylic acids is 2. The Balaban J connectivity index is 0.000000219. The maximum Gasteiger partial charge on any atom is 0.376 e. The summed E-state index contributed by atoms with van der Waals surface area (Å²) in [6.45, 7) is 6.80. The number of rotatable bonds is 10. The van der Waals surface area contributed by atoms with Crippen molar-refractivity contribution in [1.82, 2.24) is 9.62 Å². The summed E-state index contributed by atoms with van der Waals surface area (Å²) in [5.74, 6) is 0.951. The lowest BCUT2D eigenvalue weighted by Crippen LogP contribution is -2.42. The van der Waals surface area contributed by atoms with Crippen molar-refractivity contribution in [3.8, 4) is 11.5 Å². The standard InChI is InChI=1S/C17H23BN2O6.C16H21BN2O3/c1-18(22)19-9-7-13(8-10-19)3-4-14-5-6-16(15(11-14)20(23)24)26-12-17(21)25-2;1-17(21)19-8-6-12(7-9-19)2-3-13-4-5-15-14(10-13)18-16(20)11-22-15/h3-6,11,13,22H,7-10,12H2,1-2H3;2-5,10,12,21H,6-9,11H2,1H3,(H,18,20). The van der Waals surface area contributed by atoms with Crippen molar-refractivity contribution < 1.29 is 38.8 Å². The molecule has 0 unspecified atom stereocenters. The summed E-state index contributed by atoms with van der Waals surface area (Å²) < 4.78 is 15.0. The molecule has 15 heteroatoms. The maximum atomic E-state index is 11.3. The topological polar surface area (TPSA) is 164 Å². The van der Waals surface area contributed by atoms with Crippen LogP contribution in [-0.4, -0.2) is 97.1 Å². The predicted octanol–water partition coefficient (Wildman–Crippen LogP) is 3.84. The van der Waals surface area contributed by atoms with Crippen molar-refractivity contribution in [2.45, 2.75) is 39.3 Å². The number of allylic oxidation sites excluding steroid dienone is 2. The third-order valence-electron chi connectivity index (χ3n) is 8.72. The molecule has 0 aliphatic carbocycles. The van der Waals surface area contributed by atoms with Crippen molar-refractivity contribution in [3.05, 3.63) is 69.8 Å². The summed E-state index contributed by atoms with van der Waals surface area (Å²) in [6.07, 6.45) is 12.2. The molecule has 5 rings (SSSR count). The molecule has 2 aromatic rings. The first-order chi connectivity index (χ1) is 23.0. The van der Waals surface area contributed by atoms with Gasteiger partial charge in [0.1, 0.15) is 5.75 Å². The Hall–Kier alpha value is -4.17. The fourth-order valence-electron chi connectivity index (χ4n) is 5.77. The van der Waals surface area contributed by atoms with Crippen LogP contribution in [0.4, 0.5) is 11.4 Å². The van der Waals surface area contributed by atoms with Crippen LogP contribution in [0.25, 0.3) is 12.2 Å². The van der Waals surface area contributed by atoms with Gasteiger partial charge < -0.3 is 39.2 Å². The van der Waals surface area contributed by atoms with Gasteiger partial charge in [0.05, 0.1) is 17.7 Å². The highest BCUT2D eigenvalue weighted by molar-refractivity contribution is 6.45. The Bertz CT molecular complexity index is 1470. The number of esters is 1. The fraction of sp³-hybridized carbons (Fsp3) is 0.455. The van der Waals surface area contributed by atoms with Gasteiger partial charge in [0.25, 0.3) is 5.91 Å². The number of benzene rings is 2. The molecule has 1 amide bonds.